The van der Waals surface area contributed by atoms with E-state index in [1.54, 1.807) is 60.7 Å². The Hall–Kier alpha value is -7.37. The molecule has 0 aliphatic carbocycles. The molecule has 4 aliphatic heterocycles. The van der Waals surface area contributed by atoms with Crippen LogP contribution in [-0.4, -0.2) is 168 Å². The fourth-order valence-electron chi connectivity index (χ4n) is 8.72. The van der Waals surface area contributed by atoms with Gasteiger partial charge >= 0.3 is 0 Å². The molecule has 98 heavy (non-hydrogen) atoms. The van der Waals surface area contributed by atoms with Gasteiger partial charge in [0.1, 0.15) is 102 Å². The van der Waals surface area contributed by atoms with Gasteiger partial charge in [0.25, 0.3) is 0 Å². The van der Waals surface area contributed by atoms with E-state index in [2.05, 4.69) is 33.8 Å². The van der Waals surface area contributed by atoms with E-state index < -0.39 is 58.6 Å². The van der Waals surface area contributed by atoms with Crippen LogP contribution in [-0.2, 0) is 33.4 Å². The molecular formula is C70H95N4O20S4-5. The predicted octanol–water partition coefficient (Wildman–Crippen LogP) is 7.13. The summed E-state index contributed by atoms with van der Waals surface area (Å²) in [5.74, 6) is -2.95. The van der Waals surface area contributed by atoms with Crippen molar-refractivity contribution in [2.75, 3.05) is 75.9 Å². The summed E-state index contributed by atoms with van der Waals surface area (Å²) < 4.78 is 32.2. The van der Waals surface area contributed by atoms with Crippen LogP contribution in [0.4, 0.5) is 0 Å². The Morgan fingerprint density at radius 3 is 0.878 bits per heavy atom. The van der Waals surface area contributed by atoms with Gasteiger partial charge in [0.2, 0.25) is 0 Å². The Kier molecular flexibility index (Phi) is 37.7. The molecule has 8 rings (SSSR count). The van der Waals surface area contributed by atoms with E-state index in [1.807, 2.05) is 6.92 Å². The molecule has 4 aromatic carbocycles. The van der Waals surface area contributed by atoms with Crippen molar-refractivity contribution in [1.82, 2.24) is 0 Å². The van der Waals surface area contributed by atoms with Gasteiger partial charge in [-0.25, -0.2) is 0 Å². The molecule has 28 heteroatoms. The van der Waals surface area contributed by atoms with Gasteiger partial charge in [-0.15, -0.1) is 47.0 Å². The normalized spacial score (nSPS) is 19.4. The van der Waals surface area contributed by atoms with Gasteiger partial charge in [-0.1, -0.05) is 94.4 Å². The third-order valence-electron chi connectivity index (χ3n) is 14.5. The molecule has 4 heterocycles. The number of carboxylic acid groups (broad SMARTS) is 5. The number of carbonyl (C=O) groups is 5. The highest BCUT2D eigenvalue weighted by Gasteiger charge is 2.37. The molecule has 0 spiro atoms. The van der Waals surface area contributed by atoms with Crippen molar-refractivity contribution in [1.29, 1.82) is 0 Å². The molecule has 0 amide bonds. The zero-order valence-electron chi connectivity index (χ0n) is 54.4. The van der Waals surface area contributed by atoms with Crippen LogP contribution in [0.2, 0.25) is 0 Å². The maximum absolute atomic E-state index is 11.1. The van der Waals surface area contributed by atoms with E-state index in [9.17, 15) is 69.9 Å². The smallest absolute Gasteiger partial charge is 0.129 e. The predicted molar refractivity (Wildman–Crippen MR) is 379 cm³/mol. The van der Waals surface area contributed by atoms with Gasteiger partial charge in [0.05, 0.1) is 62.9 Å². The highest BCUT2D eigenvalue weighted by Crippen LogP contribution is 2.39. The number of hydrogen-bond donors (Lipinski definition) is 4. The minimum absolute atomic E-state index is 0. The monoisotopic (exact) mass is 1440 g/mol. The van der Waals surface area contributed by atoms with Crippen molar-refractivity contribution in [2.45, 2.75) is 164 Å². The first-order chi connectivity index (χ1) is 45.2. The zero-order chi connectivity index (χ0) is 69.8. The van der Waals surface area contributed by atoms with Crippen LogP contribution in [0.5, 0.6) is 46.0 Å². The summed E-state index contributed by atoms with van der Waals surface area (Å²) in [6, 6.07) is 19.5. The minimum Gasteiger partial charge on any atom is -0.548 e. The lowest BCUT2D eigenvalue weighted by Crippen LogP contribution is -2.45. The number of unbranched alkanes of at least 4 members (excludes halogenated alkanes) is 8. The molecule has 4 atom stereocenters. The van der Waals surface area contributed by atoms with Crippen molar-refractivity contribution in [3.63, 3.8) is 0 Å². The summed E-state index contributed by atoms with van der Waals surface area (Å²) in [4.78, 5) is 71.3. The molecule has 4 aliphatic rings. The average Bonchev–Trinajstić information content (AvgIpc) is 1.68. The lowest BCUT2D eigenvalue weighted by Gasteiger charge is -2.19. The van der Waals surface area contributed by atoms with Crippen LogP contribution in [0.25, 0.3) is 0 Å². The standard InChI is InChI=1S/2C18H25NO4S.C16H21NO5S.C15H17NO7S.3CH4/c2*1-3-4-5-6-7-10-23-13-8-9-14(15(20)11-13)16-19-18(2,12-24-16)17(21)22;1-3-6-21-7-8-22-11-4-5-12(13(18)9-11)14-17-16(2,10-23-14)15(19)20;1-15(14(20)21)8-24-13(16-15)10-3-2-9(6-11(10)17)23-5-4-22-7-12(18)19;;;/h2*8-9,11,20H,3-7,10,12H2,1-2H3,(H,21,22);4-5,9,18H,3,6-8,10H2,1-2H3,(H,19,20);2-3,6,17H,4-5,7-8H2,1H3,(H,18,19)(H,20,21);3*1H4/p-5/t2*18-;16-;15-;;;/m1111.../s1. The van der Waals surface area contributed by atoms with E-state index in [-0.39, 0.29) is 70.0 Å². The maximum Gasteiger partial charge on any atom is 0.129 e. The second kappa shape index (κ2) is 42.6. The summed E-state index contributed by atoms with van der Waals surface area (Å²) in [6.07, 6.45) is 12.6. The molecule has 0 unspecified atom stereocenters. The highest BCUT2D eigenvalue weighted by molar-refractivity contribution is 8.15. The molecule has 24 nitrogen and oxygen atoms in total. The lowest BCUT2D eigenvalue weighted by molar-refractivity contribution is -0.312. The van der Waals surface area contributed by atoms with Crippen molar-refractivity contribution < 1.29 is 98.4 Å². The number of aliphatic imine (C=N–C) groups is 4. The van der Waals surface area contributed by atoms with Gasteiger partial charge in [-0.05, 0) is 95.5 Å². The van der Waals surface area contributed by atoms with Crippen molar-refractivity contribution in [2.24, 2.45) is 20.0 Å². The van der Waals surface area contributed by atoms with E-state index >= 15 is 0 Å². The molecule has 4 aromatic rings. The summed E-state index contributed by atoms with van der Waals surface area (Å²) in [5, 5.41) is 97.2. The van der Waals surface area contributed by atoms with Crippen LogP contribution in [0, 0.1) is 0 Å². The number of nitrogens with zero attached hydrogens (tertiary/aromatic N) is 4. The SMILES string of the molecule is C.C.C.CCCCCCCOc1ccc(C2=N[C@@](C)(C(=O)[O-])CS2)c(O)c1.CCCCCCCOc1ccc(C2=N[C@@](C)(C(=O)[O-])CS2)c(O)c1.CCCOCCOc1ccc(C2=N[C@@](C)(C(=O)[O-])CS2)c(O)c1.C[C@]1(C(=O)[O-])CSC(c2ccc(OCCOCC(=O)[O-])cc2O)=N1. The summed E-state index contributed by atoms with van der Waals surface area (Å²) in [5.41, 5.74) is -3.07. The Labute approximate surface area is 592 Å². The first kappa shape index (κ1) is 86.7. The fourth-order valence-corrected chi connectivity index (χ4v) is 13.5. The largest absolute Gasteiger partial charge is 0.548 e. The van der Waals surface area contributed by atoms with Gasteiger partial charge < -0.3 is 98.4 Å². The van der Waals surface area contributed by atoms with Crippen LogP contribution in [0.3, 0.4) is 0 Å². The van der Waals surface area contributed by atoms with Gasteiger partial charge in [0, 0.05) is 76.1 Å². The zero-order valence-corrected chi connectivity index (χ0v) is 57.7. The Morgan fingerprint density at radius 2 is 0.643 bits per heavy atom. The highest BCUT2D eigenvalue weighted by atomic mass is 32.2. The third kappa shape index (κ3) is 26.7. The number of rotatable bonds is 34. The van der Waals surface area contributed by atoms with Crippen molar-refractivity contribution in [3.05, 3.63) is 95.1 Å². The molecule has 0 aromatic heterocycles. The topological polar surface area (TPSA) is 386 Å². The van der Waals surface area contributed by atoms with E-state index in [1.165, 1.54) is 125 Å². The fraction of sp³-hybridized carbons (Fsp3) is 0.529. The van der Waals surface area contributed by atoms with Gasteiger partial charge in [-0.2, -0.15) is 0 Å². The number of benzene rings is 4. The minimum atomic E-state index is -1.31. The number of phenols is 4. The lowest BCUT2D eigenvalue weighted by atomic mass is 10.1. The summed E-state index contributed by atoms with van der Waals surface area (Å²) in [6.45, 7) is 14.9. The number of ether oxygens (including phenoxy) is 6. The molecule has 0 radical (unpaired) electrons. The number of aliphatic carboxylic acids is 5. The van der Waals surface area contributed by atoms with Crippen molar-refractivity contribution in [3.8, 4) is 46.0 Å². The molecule has 0 bridgehead atoms. The summed E-state index contributed by atoms with van der Waals surface area (Å²) >= 11 is 5.13. The van der Waals surface area contributed by atoms with E-state index in [0.717, 1.165) is 32.1 Å². The Balaban J connectivity index is 0.000000440. The van der Waals surface area contributed by atoms with Crippen molar-refractivity contribution >= 4 is 97.1 Å². The molecule has 0 saturated carbocycles. The first-order valence-corrected chi connectivity index (χ1v) is 35.1. The maximum atomic E-state index is 11.1. The number of aromatic hydroxyl groups is 4. The number of thioether (sulfide) groups is 4. The average molecular weight is 1440 g/mol. The third-order valence-corrected chi connectivity index (χ3v) is 19.7. The molecule has 4 N–H and O–H groups in total. The Bertz CT molecular complexity index is 3280. The second-order valence-corrected chi connectivity index (χ2v) is 26.9. The number of carboxylic acids is 5. The van der Waals surface area contributed by atoms with Gasteiger partial charge in [-0.3, -0.25) is 20.0 Å². The quantitative estimate of drug-likeness (QED) is 0.0338. The van der Waals surface area contributed by atoms with Crippen LogP contribution >= 0.6 is 47.0 Å². The molecule has 0 saturated heterocycles. The number of phenolic OH excluding ortho intramolecular Hbond substituents is 4. The Morgan fingerprint density at radius 1 is 0.378 bits per heavy atom. The number of hydrogen-bond acceptors (Lipinski definition) is 28. The summed E-state index contributed by atoms with van der Waals surface area (Å²) in [7, 11) is 0. The van der Waals surface area contributed by atoms with Gasteiger partial charge in [0.15, 0.2) is 0 Å². The van der Waals surface area contributed by atoms with Crippen LogP contribution in [0.15, 0.2) is 92.8 Å². The van der Waals surface area contributed by atoms with E-state index in [0.29, 0.717) is 110 Å². The van der Waals surface area contributed by atoms with Crippen LogP contribution in [0.1, 0.15) is 164 Å². The molecule has 544 valence electrons. The molecule has 0 fully saturated rings. The second-order valence-electron chi connectivity index (χ2n) is 23.0. The van der Waals surface area contributed by atoms with Crippen LogP contribution < -0.4 is 44.5 Å². The van der Waals surface area contributed by atoms with E-state index in [4.69, 9.17) is 28.4 Å². The first-order valence-electron chi connectivity index (χ1n) is 31.2. The molecular weight excluding hydrogens is 1350 g/mol. The number of carbonyl (C=O) groups excluding carboxylic acids is 5.